The molecule has 0 bridgehead atoms. The summed E-state index contributed by atoms with van der Waals surface area (Å²) < 4.78 is 5.07. The number of rotatable bonds is 7. The summed E-state index contributed by atoms with van der Waals surface area (Å²) in [6.07, 6.45) is 3.11. The van der Waals surface area contributed by atoms with E-state index in [9.17, 15) is 14.4 Å². The molecule has 0 radical (unpaired) electrons. The first-order chi connectivity index (χ1) is 13.2. The Morgan fingerprint density at radius 3 is 2.36 bits per heavy atom. The fourth-order valence-electron chi connectivity index (χ4n) is 2.70. The number of anilines is 1. The Labute approximate surface area is 169 Å². The average Bonchev–Trinajstić information content (AvgIpc) is 2.96. The maximum atomic E-state index is 12.4. The van der Waals surface area contributed by atoms with Crippen molar-refractivity contribution >= 4 is 40.1 Å². The summed E-state index contributed by atoms with van der Waals surface area (Å²) in [6.45, 7) is 9.27. The zero-order chi connectivity index (χ0) is 20.8. The lowest BCUT2D eigenvalue weighted by molar-refractivity contribution is -0.111. The minimum atomic E-state index is -0.549. The molecule has 0 unspecified atom stereocenters. The Balaban J connectivity index is 2.21. The molecule has 0 aliphatic carbocycles. The predicted octanol–water partition coefficient (Wildman–Crippen LogP) is 5.21. The first-order valence-corrected chi connectivity index (χ1v) is 9.96. The molecule has 1 heterocycles. The molecular formula is C22H25NO4S. The number of ketones is 1. The molecule has 1 aromatic carbocycles. The van der Waals surface area contributed by atoms with E-state index in [1.54, 1.807) is 19.9 Å². The molecule has 0 saturated carbocycles. The number of Topliss-reactive ketones (excluding diaryl/α,β-unsaturated/α-hetero) is 1. The molecule has 0 atom stereocenters. The van der Waals surface area contributed by atoms with E-state index in [1.165, 1.54) is 18.6 Å². The Morgan fingerprint density at radius 2 is 1.82 bits per heavy atom. The van der Waals surface area contributed by atoms with E-state index in [0.29, 0.717) is 21.4 Å². The third-order valence-electron chi connectivity index (χ3n) is 4.21. The van der Waals surface area contributed by atoms with Crippen molar-refractivity contribution in [1.82, 2.24) is 0 Å². The highest BCUT2D eigenvalue weighted by Crippen LogP contribution is 2.34. The quantitative estimate of drug-likeness (QED) is 0.394. The van der Waals surface area contributed by atoms with Gasteiger partial charge in [-0.15, -0.1) is 11.3 Å². The van der Waals surface area contributed by atoms with Crippen molar-refractivity contribution < 1.29 is 19.1 Å². The summed E-state index contributed by atoms with van der Waals surface area (Å²) in [5, 5.41) is 3.03. The first kappa shape index (κ1) is 21.6. The highest BCUT2D eigenvalue weighted by atomic mass is 32.1. The molecule has 1 amide bonds. The van der Waals surface area contributed by atoms with Crippen molar-refractivity contribution in [3.8, 4) is 0 Å². The highest BCUT2D eigenvalue weighted by molar-refractivity contribution is 7.18. The van der Waals surface area contributed by atoms with Gasteiger partial charge >= 0.3 is 5.97 Å². The van der Waals surface area contributed by atoms with E-state index in [4.69, 9.17) is 4.74 Å². The number of nitrogens with one attached hydrogen (secondary N) is 1. The van der Waals surface area contributed by atoms with E-state index in [-0.39, 0.29) is 23.9 Å². The molecule has 5 nitrogen and oxygen atoms in total. The number of hydrogen-bond acceptors (Lipinski definition) is 5. The van der Waals surface area contributed by atoms with Crippen LogP contribution < -0.4 is 5.32 Å². The number of ether oxygens (including phenoxy) is 1. The Hall–Kier alpha value is -2.73. The van der Waals surface area contributed by atoms with Crippen molar-refractivity contribution in [2.75, 3.05) is 11.9 Å². The van der Waals surface area contributed by atoms with Crippen molar-refractivity contribution in [3.05, 3.63) is 57.5 Å². The molecule has 0 fully saturated rings. The molecule has 0 spiro atoms. The van der Waals surface area contributed by atoms with Gasteiger partial charge < -0.3 is 10.1 Å². The molecule has 0 aliphatic heterocycles. The topological polar surface area (TPSA) is 72.5 Å². The fraction of sp³-hybridized carbons (Fsp3) is 0.318. The normalized spacial score (nSPS) is 11.1. The van der Waals surface area contributed by atoms with Crippen LogP contribution in [0, 0.1) is 6.92 Å². The molecule has 0 saturated heterocycles. The predicted molar refractivity (Wildman–Crippen MR) is 113 cm³/mol. The molecule has 0 aliphatic rings. The fourth-order valence-corrected chi connectivity index (χ4v) is 3.80. The molecule has 148 valence electrons. The lowest BCUT2D eigenvalue weighted by Crippen LogP contribution is -2.12. The number of carbonyl (C=O) groups is 3. The van der Waals surface area contributed by atoms with Crippen LogP contribution in [0.15, 0.2) is 30.3 Å². The van der Waals surface area contributed by atoms with Gasteiger partial charge in [-0.3, -0.25) is 9.59 Å². The summed E-state index contributed by atoms with van der Waals surface area (Å²) >= 11 is 1.09. The molecule has 1 aromatic heterocycles. The second-order valence-corrected chi connectivity index (χ2v) is 7.70. The van der Waals surface area contributed by atoms with Crippen LogP contribution in [0.1, 0.15) is 70.3 Å². The van der Waals surface area contributed by atoms with Crippen LogP contribution in [0.3, 0.4) is 0 Å². The number of benzene rings is 1. The maximum absolute atomic E-state index is 12.4. The standard InChI is InChI=1S/C22H25NO4S/c1-6-27-22(26)19-14(4)20(15(5)24)28-21(19)23-18(25)12-9-16-7-10-17(11-8-16)13(2)3/h7-13H,6H2,1-5H3,(H,23,25). The Morgan fingerprint density at radius 1 is 1.18 bits per heavy atom. The van der Waals surface area contributed by atoms with Gasteiger partial charge in [0, 0.05) is 6.08 Å². The van der Waals surface area contributed by atoms with Crippen molar-refractivity contribution in [3.63, 3.8) is 0 Å². The number of amides is 1. The van der Waals surface area contributed by atoms with Crippen LogP contribution in [-0.4, -0.2) is 24.3 Å². The third kappa shape index (κ3) is 5.16. The summed E-state index contributed by atoms with van der Waals surface area (Å²) in [7, 11) is 0. The van der Waals surface area contributed by atoms with E-state index < -0.39 is 5.97 Å². The zero-order valence-electron chi connectivity index (χ0n) is 16.8. The van der Waals surface area contributed by atoms with Crippen LogP contribution in [0.25, 0.3) is 6.08 Å². The van der Waals surface area contributed by atoms with Gasteiger partial charge in [0.05, 0.1) is 17.0 Å². The van der Waals surface area contributed by atoms with Gasteiger partial charge in [-0.1, -0.05) is 38.1 Å². The molecular weight excluding hydrogens is 374 g/mol. The summed E-state index contributed by atoms with van der Waals surface area (Å²) in [5.41, 5.74) is 2.89. The lowest BCUT2D eigenvalue weighted by Gasteiger charge is -2.06. The molecule has 6 heteroatoms. The van der Waals surface area contributed by atoms with E-state index in [1.807, 2.05) is 24.3 Å². The first-order valence-electron chi connectivity index (χ1n) is 9.15. The average molecular weight is 400 g/mol. The van der Waals surface area contributed by atoms with Crippen molar-refractivity contribution in [2.24, 2.45) is 0 Å². The third-order valence-corrected chi connectivity index (χ3v) is 5.52. The smallest absolute Gasteiger partial charge is 0.341 e. The van der Waals surface area contributed by atoms with Gasteiger partial charge in [0.15, 0.2) is 5.78 Å². The number of esters is 1. The van der Waals surface area contributed by atoms with Gasteiger partial charge in [-0.25, -0.2) is 4.79 Å². The van der Waals surface area contributed by atoms with E-state index in [0.717, 1.165) is 16.9 Å². The van der Waals surface area contributed by atoms with Crippen LogP contribution in [0.4, 0.5) is 5.00 Å². The number of hydrogen-bond donors (Lipinski definition) is 1. The largest absolute Gasteiger partial charge is 0.462 e. The Kier molecular flexibility index (Phi) is 7.29. The van der Waals surface area contributed by atoms with Crippen molar-refractivity contribution in [1.29, 1.82) is 0 Å². The van der Waals surface area contributed by atoms with Crippen LogP contribution in [0.2, 0.25) is 0 Å². The van der Waals surface area contributed by atoms with Gasteiger partial charge in [-0.05, 0) is 49.5 Å². The van der Waals surface area contributed by atoms with Crippen LogP contribution in [0.5, 0.6) is 0 Å². The van der Waals surface area contributed by atoms with E-state index >= 15 is 0 Å². The monoisotopic (exact) mass is 399 g/mol. The second kappa shape index (κ2) is 9.46. The summed E-state index contributed by atoms with van der Waals surface area (Å²) in [4.78, 5) is 36.9. The summed E-state index contributed by atoms with van der Waals surface area (Å²) in [5.74, 6) is -0.642. The summed E-state index contributed by atoms with van der Waals surface area (Å²) in [6, 6.07) is 7.96. The van der Waals surface area contributed by atoms with Gasteiger partial charge in [-0.2, -0.15) is 0 Å². The van der Waals surface area contributed by atoms with Gasteiger partial charge in [0.2, 0.25) is 5.91 Å². The van der Waals surface area contributed by atoms with Gasteiger partial charge in [0.1, 0.15) is 5.00 Å². The zero-order valence-corrected chi connectivity index (χ0v) is 17.6. The van der Waals surface area contributed by atoms with Crippen LogP contribution in [-0.2, 0) is 9.53 Å². The Bertz CT molecular complexity index is 907. The van der Waals surface area contributed by atoms with Crippen LogP contribution >= 0.6 is 11.3 Å². The van der Waals surface area contributed by atoms with Gasteiger partial charge in [0.25, 0.3) is 0 Å². The maximum Gasteiger partial charge on any atom is 0.341 e. The number of thiophene rings is 1. The molecule has 1 N–H and O–H groups in total. The lowest BCUT2D eigenvalue weighted by atomic mass is 10.0. The SMILES string of the molecule is CCOC(=O)c1c(NC(=O)C=Cc2ccc(C(C)C)cc2)sc(C(C)=O)c1C. The van der Waals surface area contributed by atoms with Crippen molar-refractivity contribution in [2.45, 2.75) is 40.5 Å². The molecule has 28 heavy (non-hydrogen) atoms. The number of carbonyl (C=O) groups excluding carboxylic acids is 3. The minimum absolute atomic E-state index is 0.158. The molecule has 2 rings (SSSR count). The minimum Gasteiger partial charge on any atom is -0.462 e. The van der Waals surface area contributed by atoms with E-state index in [2.05, 4.69) is 19.2 Å². The second-order valence-electron chi connectivity index (χ2n) is 6.68. The highest BCUT2D eigenvalue weighted by Gasteiger charge is 2.24. The molecule has 2 aromatic rings.